The fourth-order valence-corrected chi connectivity index (χ4v) is 3.01. The van der Waals surface area contributed by atoms with Gasteiger partial charge in [-0.3, -0.25) is 0 Å². The van der Waals surface area contributed by atoms with E-state index in [9.17, 15) is 0 Å². The highest BCUT2D eigenvalue weighted by molar-refractivity contribution is 9.10. The predicted molar refractivity (Wildman–Crippen MR) is 87.2 cm³/mol. The first-order valence-electron chi connectivity index (χ1n) is 6.70. The van der Waals surface area contributed by atoms with Crippen LogP contribution in [-0.4, -0.2) is 31.2 Å². The first kappa shape index (κ1) is 13.2. The fourth-order valence-electron chi connectivity index (χ4n) is 2.51. The minimum absolute atomic E-state index is 0.817. The Labute approximate surface area is 127 Å². The Balaban J connectivity index is 1.70. The van der Waals surface area contributed by atoms with E-state index in [1.54, 1.807) is 0 Å². The maximum Gasteiger partial charge on any atom is 0.142 e. The molecular formula is C15H17BrN4. The molecule has 1 fully saturated rings. The van der Waals surface area contributed by atoms with Gasteiger partial charge in [-0.2, -0.15) is 0 Å². The predicted octanol–water partition coefficient (Wildman–Crippen LogP) is 2.75. The molecule has 0 atom stereocenters. The number of nitrogens with two attached hydrogens (primary N) is 1. The van der Waals surface area contributed by atoms with Crippen LogP contribution in [0.25, 0.3) is 0 Å². The molecule has 20 heavy (non-hydrogen) atoms. The Kier molecular flexibility index (Phi) is 3.78. The van der Waals surface area contributed by atoms with Gasteiger partial charge in [-0.15, -0.1) is 0 Å². The zero-order chi connectivity index (χ0) is 13.9. The monoisotopic (exact) mass is 332 g/mol. The lowest BCUT2D eigenvalue weighted by Crippen LogP contribution is -2.47. The summed E-state index contributed by atoms with van der Waals surface area (Å²) in [7, 11) is 0. The van der Waals surface area contributed by atoms with Gasteiger partial charge in [0.25, 0.3) is 0 Å². The van der Waals surface area contributed by atoms with Gasteiger partial charge in [-0.1, -0.05) is 6.07 Å². The molecule has 1 aliphatic rings. The molecule has 0 unspecified atom stereocenters. The van der Waals surface area contributed by atoms with E-state index in [0.717, 1.165) is 42.2 Å². The minimum atomic E-state index is 0.817. The van der Waals surface area contributed by atoms with Crippen LogP contribution < -0.4 is 15.5 Å². The zero-order valence-electron chi connectivity index (χ0n) is 11.2. The lowest BCUT2D eigenvalue weighted by molar-refractivity contribution is 0.646. The van der Waals surface area contributed by atoms with Gasteiger partial charge in [0.05, 0.1) is 4.47 Å². The average Bonchev–Trinajstić information content (AvgIpc) is 2.48. The highest BCUT2D eigenvalue weighted by atomic mass is 79.9. The molecule has 1 saturated heterocycles. The molecule has 1 aromatic heterocycles. The van der Waals surface area contributed by atoms with Gasteiger partial charge in [0, 0.05) is 43.8 Å². The second kappa shape index (κ2) is 5.71. The lowest BCUT2D eigenvalue weighted by atomic mass is 10.2. The second-order valence-electron chi connectivity index (χ2n) is 4.88. The van der Waals surface area contributed by atoms with E-state index in [1.165, 1.54) is 5.69 Å². The lowest BCUT2D eigenvalue weighted by Gasteiger charge is -2.37. The summed E-state index contributed by atoms with van der Waals surface area (Å²) < 4.78 is 1.05. The molecule has 0 saturated carbocycles. The number of piperazine rings is 1. The fraction of sp³-hybridized carbons (Fsp3) is 0.267. The number of hydrogen-bond donors (Lipinski definition) is 1. The number of rotatable bonds is 2. The minimum Gasteiger partial charge on any atom is -0.399 e. The normalized spacial score (nSPS) is 15.4. The molecule has 2 heterocycles. The van der Waals surface area contributed by atoms with E-state index in [2.05, 4.69) is 36.8 Å². The summed E-state index contributed by atoms with van der Waals surface area (Å²) in [5.41, 5.74) is 7.87. The number of aromatic nitrogens is 1. The molecule has 4 nitrogen and oxygen atoms in total. The summed E-state index contributed by atoms with van der Waals surface area (Å²) in [6.07, 6.45) is 1.84. The molecule has 1 aromatic carbocycles. The summed E-state index contributed by atoms with van der Waals surface area (Å²) in [5, 5.41) is 0. The topological polar surface area (TPSA) is 45.4 Å². The molecule has 104 valence electrons. The van der Waals surface area contributed by atoms with Crippen molar-refractivity contribution in [2.75, 3.05) is 41.7 Å². The molecule has 0 bridgehead atoms. The van der Waals surface area contributed by atoms with Crippen LogP contribution in [0.15, 0.2) is 47.1 Å². The first-order chi connectivity index (χ1) is 9.74. The van der Waals surface area contributed by atoms with Crippen molar-refractivity contribution in [1.29, 1.82) is 0 Å². The van der Waals surface area contributed by atoms with E-state index in [-0.39, 0.29) is 0 Å². The van der Waals surface area contributed by atoms with E-state index in [0.29, 0.717) is 0 Å². The molecule has 0 amide bonds. The van der Waals surface area contributed by atoms with Gasteiger partial charge < -0.3 is 15.5 Å². The molecule has 5 heteroatoms. The third-order valence-electron chi connectivity index (χ3n) is 3.55. The summed E-state index contributed by atoms with van der Waals surface area (Å²) >= 11 is 3.57. The van der Waals surface area contributed by atoms with Gasteiger partial charge >= 0.3 is 0 Å². The van der Waals surface area contributed by atoms with Gasteiger partial charge in [0.15, 0.2) is 0 Å². The van der Waals surface area contributed by atoms with E-state index in [4.69, 9.17) is 5.73 Å². The van der Waals surface area contributed by atoms with Crippen molar-refractivity contribution in [3.63, 3.8) is 0 Å². The number of halogens is 1. The highest BCUT2D eigenvalue weighted by Gasteiger charge is 2.19. The Morgan fingerprint density at radius 3 is 2.45 bits per heavy atom. The number of benzene rings is 1. The summed E-state index contributed by atoms with van der Waals surface area (Å²) in [5.74, 6) is 1.03. The number of nitrogens with zero attached hydrogens (tertiary/aromatic N) is 3. The highest BCUT2D eigenvalue weighted by Crippen LogP contribution is 2.25. The number of nitrogen functional groups attached to an aromatic ring is 1. The molecule has 2 aromatic rings. The van der Waals surface area contributed by atoms with Gasteiger partial charge in [-0.05, 0) is 46.3 Å². The van der Waals surface area contributed by atoms with E-state index in [1.807, 2.05) is 36.5 Å². The molecule has 1 aliphatic heterocycles. The third kappa shape index (κ3) is 2.72. The Morgan fingerprint density at radius 2 is 1.75 bits per heavy atom. The number of anilines is 3. The maximum atomic E-state index is 5.85. The van der Waals surface area contributed by atoms with Crippen LogP contribution in [0.2, 0.25) is 0 Å². The van der Waals surface area contributed by atoms with Crippen LogP contribution in [0.3, 0.4) is 0 Å². The standard InChI is InChI=1S/C15H17BrN4/c16-14-5-2-6-18-15(14)20-9-7-19(8-10-20)13-4-1-3-12(17)11-13/h1-6,11H,7-10,17H2. The number of pyridine rings is 1. The smallest absolute Gasteiger partial charge is 0.142 e. The van der Waals surface area contributed by atoms with Gasteiger partial charge in [0.2, 0.25) is 0 Å². The third-order valence-corrected chi connectivity index (χ3v) is 4.17. The van der Waals surface area contributed by atoms with Gasteiger partial charge in [-0.25, -0.2) is 4.98 Å². The zero-order valence-corrected chi connectivity index (χ0v) is 12.8. The molecule has 0 radical (unpaired) electrons. The van der Waals surface area contributed by atoms with Crippen LogP contribution >= 0.6 is 15.9 Å². The summed E-state index contributed by atoms with van der Waals surface area (Å²) in [6, 6.07) is 12.1. The van der Waals surface area contributed by atoms with Crippen LogP contribution in [0.1, 0.15) is 0 Å². The SMILES string of the molecule is Nc1cccc(N2CCN(c3ncccc3Br)CC2)c1. The summed E-state index contributed by atoms with van der Waals surface area (Å²) in [4.78, 5) is 9.13. The van der Waals surface area contributed by atoms with Crippen molar-refractivity contribution >= 4 is 33.1 Å². The van der Waals surface area contributed by atoms with Crippen molar-refractivity contribution in [2.45, 2.75) is 0 Å². The molecule has 3 rings (SSSR count). The Morgan fingerprint density at radius 1 is 1.00 bits per heavy atom. The number of hydrogen-bond acceptors (Lipinski definition) is 4. The molecular weight excluding hydrogens is 316 g/mol. The largest absolute Gasteiger partial charge is 0.399 e. The maximum absolute atomic E-state index is 5.85. The van der Waals surface area contributed by atoms with Crippen LogP contribution in [0.5, 0.6) is 0 Å². The first-order valence-corrected chi connectivity index (χ1v) is 7.49. The van der Waals surface area contributed by atoms with Gasteiger partial charge in [0.1, 0.15) is 5.82 Å². The van der Waals surface area contributed by atoms with Crippen molar-refractivity contribution in [3.8, 4) is 0 Å². The van der Waals surface area contributed by atoms with Crippen molar-refractivity contribution < 1.29 is 0 Å². The second-order valence-corrected chi connectivity index (χ2v) is 5.73. The van der Waals surface area contributed by atoms with Crippen molar-refractivity contribution in [2.24, 2.45) is 0 Å². The quantitative estimate of drug-likeness (QED) is 0.859. The average molecular weight is 333 g/mol. The molecule has 0 aliphatic carbocycles. The summed E-state index contributed by atoms with van der Waals surface area (Å²) in [6.45, 7) is 3.88. The van der Waals surface area contributed by atoms with E-state index >= 15 is 0 Å². The van der Waals surface area contributed by atoms with Crippen LogP contribution in [0, 0.1) is 0 Å². The molecule has 0 spiro atoms. The van der Waals surface area contributed by atoms with E-state index < -0.39 is 0 Å². The molecule has 2 N–H and O–H groups in total. The Hall–Kier alpha value is -1.75. The Bertz CT molecular complexity index is 594. The van der Waals surface area contributed by atoms with Crippen molar-refractivity contribution in [1.82, 2.24) is 4.98 Å². The van der Waals surface area contributed by atoms with Crippen LogP contribution in [-0.2, 0) is 0 Å². The van der Waals surface area contributed by atoms with Crippen LogP contribution in [0.4, 0.5) is 17.2 Å². The van der Waals surface area contributed by atoms with Crippen molar-refractivity contribution in [3.05, 3.63) is 47.1 Å².